The van der Waals surface area contributed by atoms with Crippen molar-refractivity contribution in [2.45, 2.75) is 58.2 Å². The zero-order chi connectivity index (χ0) is 13.5. The highest BCUT2D eigenvalue weighted by Crippen LogP contribution is 2.39. The van der Waals surface area contributed by atoms with Gasteiger partial charge in [0.2, 0.25) is 0 Å². The van der Waals surface area contributed by atoms with Crippen LogP contribution in [0.4, 0.5) is 5.82 Å². The van der Waals surface area contributed by atoms with Gasteiger partial charge in [0.05, 0.1) is 11.9 Å². The Morgan fingerprint density at radius 2 is 2.16 bits per heavy atom. The minimum atomic E-state index is 0.115. The summed E-state index contributed by atoms with van der Waals surface area (Å²) in [4.78, 5) is 11.6. The predicted molar refractivity (Wildman–Crippen MR) is 77.1 cm³/mol. The van der Waals surface area contributed by atoms with Gasteiger partial charge in [0.25, 0.3) is 0 Å². The van der Waals surface area contributed by atoms with Gasteiger partial charge in [-0.15, -0.1) is 0 Å². The lowest BCUT2D eigenvalue weighted by Crippen LogP contribution is -2.36. The van der Waals surface area contributed by atoms with Crippen LogP contribution in [0.25, 0.3) is 0 Å². The van der Waals surface area contributed by atoms with Crippen LogP contribution in [0, 0.1) is 5.92 Å². The maximum atomic E-state index is 4.78. The first-order valence-corrected chi connectivity index (χ1v) is 7.34. The van der Waals surface area contributed by atoms with Gasteiger partial charge in [-0.2, -0.15) is 0 Å². The number of aromatic nitrogens is 2. The summed E-state index contributed by atoms with van der Waals surface area (Å²) >= 11 is 0. The van der Waals surface area contributed by atoms with Crippen LogP contribution in [0.1, 0.15) is 45.7 Å². The van der Waals surface area contributed by atoms with Crippen molar-refractivity contribution >= 4 is 5.82 Å². The van der Waals surface area contributed by atoms with E-state index in [2.05, 4.69) is 36.0 Å². The van der Waals surface area contributed by atoms with Crippen molar-refractivity contribution in [2.24, 2.45) is 5.92 Å². The van der Waals surface area contributed by atoms with Crippen LogP contribution >= 0.6 is 0 Å². The second kappa shape index (κ2) is 4.75. The number of nitrogens with one attached hydrogen (secondary N) is 1. The van der Waals surface area contributed by atoms with Crippen molar-refractivity contribution in [1.29, 1.82) is 0 Å². The van der Waals surface area contributed by atoms with Crippen LogP contribution in [0.15, 0.2) is 12.4 Å². The first kappa shape index (κ1) is 12.9. The molecule has 2 fully saturated rings. The van der Waals surface area contributed by atoms with Crippen LogP contribution in [-0.4, -0.2) is 28.1 Å². The van der Waals surface area contributed by atoms with Crippen LogP contribution in [0.2, 0.25) is 0 Å². The average molecular weight is 260 g/mol. The quantitative estimate of drug-likeness (QED) is 0.906. The van der Waals surface area contributed by atoms with Gasteiger partial charge in [-0.25, -0.2) is 4.98 Å². The van der Waals surface area contributed by atoms with E-state index in [0.29, 0.717) is 6.04 Å². The van der Waals surface area contributed by atoms with Crippen molar-refractivity contribution in [1.82, 2.24) is 15.3 Å². The molecule has 1 aromatic heterocycles. The van der Waals surface area contributed by atoms with Gasteiger partial charge in [-0.1, -0.05) is 0 Å². The fourth-order valence-electron chi connectivity index (χ4n) is 3.18. The Bertz CT molecular complexity index is 452. The largest absolute Gasteiger partial charge is 0.352 e. The minimum absolute atomic E-state index is 0.115. The lowest BCUT2D eigenvalue weighted by Gasteiger charge is -2.28. The fourth-order valence-corrected chi connectivity index (χ4v) is 3.18. The molecule has 1 N–H and O–H groups in total. The SMILES string of the molecule is CC(C)(C)NCc1cncc(N2CC3CCC2C3)n1. The molecule has 1 saturated heterocycles. The third-order valence-electron chi connectivity index (χ3n) is 4.18. The molecule has 2 atom stereocenters. The van der Waals surface area contributed by atoms with E-state index in [0.717, 1.165) is 24.0 Å². The third kappa shape index (κ3) is 2.89. The summed E-state index contributed by atoms with van der Waals surface area (Å²) in [7, 11) is 0. The molecule has 1 aliphatic heterocycles. The smallest absolute Gasteiger partial charge is 0.147 e. The molecule has 0 amide bonds. The molecule has 0 radical (unpaired) electrons. The van der Waals surface area contributed by atoms with Gasteiger partial charge < -0.3 is 10.2 Å². The van der Waals surface area contributed by atoms with Gasteiger partial charge in [0.15, 0.2) is 0 Å². The fraction of sp³-hybridized carbons (Fsp3) is 0.733. The second-order valence-corrected chi connectivity index (χ2v) is 6.96. The Kier molecular flexibility index (Phi) is 3.21. The van der Waals surface area contributed by atoms with Crippen LogP contribution < -0.4 is 10.2 Å². The van der Waals surface area contributed by atoms with Crippen LogP contribution in [0.5, 0.6) is 0 Å². The number of anilines is 1. The Morgan fingerprint density at radius 3 is 2.79 bits per heavy atom. The highest BCUT2D eigenvalue weighted by Gasteiger charge is 2.38. The summed E-state index contributed by atoms with van der Waals surface area (Å²) in [6, 6.07) is 0.713. The first-order chi connectivity index (χ1) is 9.01. The number of hydrogen-bond donors (Lipinski definition) is 1. The summed E-state index contributed by atoms with van der Waals surface area (Å²) in [5.41, 5.74) is 1.15. The Labute approximate surface area is 115 Å². The van der Waals surface area contributed by atoms with Gasteiger partial charge in [-0.05, 0) is 46.0 Å². The molecule has 2 bridgehead atoms. The van der Waals surface area contributed by atoms with Gasteiger partial charge in [0.1, 0.15) is 5.82 Å². The molecule has 104 valence electrons. The van der Waals surface area contributed by atoms with E-state index in [1.54, 1.807) is 0 Å². The molecule has 0 aromatic carbocycles. The molecule has 4 heteroatoms. The van der Waals surface area contributed by atoms with E-state index in [4.69, 9.17) is 4.98 Å². The van der Waals surface area contributed by atoms with Crippen molar-refractivity contribution < 1.29 is 0 Å². The number of hydrogen-bond acceptors (Lipinski definition) is 4. The minimum Gasteiger partial charge on any atom is -0.352 e. The summed E-state index contributed by atoms with van der Waals surface area (Å²) < 4.78 is 0. The molecule has 19 heavy (non-hydrogen) atoms. The molecule has 1 aromatic rings. The summed E-state index contributed by atoms with van der Waals surface area (Å²) in [6.07, 6.45) is 7.88. The Hall–Kier alpha value is -1.16. The lowest BCUT2D eigenvalue weighted by atomic mass is 10.1. The van der Waals surface area contributed by atoms with Crippen molar-refractivity contribution in [3.63, 3.8) is 0 Å². The van der Waals surface area contributed by atoms with E-state index >= 15 is 0 Å². The number of nitrogens with zero attached hydrogens (tertiary/aromatic N) is 3. The van der Waals surface area contributed by atoms with Gasteiger partial charge >= 0.3 is 0 Å². The average Bonchev–Trinajstić information content (AvgIpc) is 2.98. The molecule has 2 aliphatic rings. The van der Waals surface area contributed by atoms with E-state index < -0.39 is 0 Å². The topological polar surface area (TPSA) is 41.1 Å². The van der Waals surface area contributed by atoms with E-state index in [9.17, 15) is 0 Å². The van der Waals surface area contributed by atoms with Gasteiger partial charge in [-0.3, -0.25) is 4.98 Å². The molecule has 2 heterocycles. The monoisotopic (exact) mass is 260 g/mol. The summed E-state index contributed by atoms with van der Waals surface area (Å²) in [5.74, 6) is 1.96. The molecule has 0 spiro atoms. The Balaban J connectivity index is 1.70. The van der Waals surface area contributed by atoms with E-state index in [1.165, 1.54) is 25.8 Å². The molecular weight excluding hydrogens is 236 g/mol. The highest BCUT2D eigenvalue weighted by molar-refractivity contribution is 5.40. The number of rotatable bonds is 3. The van der Waals surface area contributed by atoms with Crippen LogP contribution in [0.3, 0.4) is 0 Å². The molecule has 3 rings (SSSR count). The van der Waals surface area contributed by atoms with E-state index in [1.807, 2.05) is 12.4 Å². The van der Waals surface area contributed by atoms with Crippen molar-refractivity contribution in [2.75, 3.05) is 11.4 Å². The van der Waals surface area contributed by atoms with Crippen LogP contribution in [-0.2, 0) is 6.54 Å². The third-order valence-corrected chi connectivity index (χ3v) is 4.18. The molecule has 4 nitrogen and oxygen atoms in total. The molecular formula is C15H24N4. The summed E-state index contributed by atoms with van der Waals surface area (Å²) in [5, 5.41) is 3.47. The number of fused-ring (bicyclic) bond motifs is 2. The maximum Gasteiger partial charge on any atom is 0.147 e. The molecule has 1 saturated carbocycles. The molecule has 1 aliphatic carbocycles. The first-order valence-electron chi connectivity index (χ1n) is 7.34. The normalized spacial score (nSPS) is 26.2. The maximum absolute atomic E-state index is 4.78. The van der Waals surface area contributed by atoms with Gasteiger partial charge in [0, 0.05) is 30.9 Å². The Morgan fingerprint density at radius 1 is 1.32 bits per heavy atom. The second-order valence-electron chi connectivity index (χ2n) is 6.96. The number of piperidine rings is 1. The molecule has 2 unspecified atom stereocenters. The van der Waals surface area contributed by atoms with E-state index in [-0.39, 0.29) is 5.54 Å². The van der Waals surface area contributed by atoms with Crippen molar-refractivity contribution in [3.05, 3.63) is 18.1 Å². The standard InChI is InChI=1S/C15H24N4/c1-15(2,3)17-8-12-7-16-9-14(18-12)19-10-11-4-5-13(19)6-11/h7,9,11,13,17H,4-6,8,10H2,1-3H3. The summed E-state index contributed by atoms with van der Waals surface area (Å²) in [6.45, 7) is 8.47. The zero-order valence-electron chi connectivity index (χ0n) is 12.2. The highest BCUT2D eigenvalue weighted by atomic mass is 15.3. The van der Waals surface area contributed by atoms with Crippen molar-refractivity contribution in [3.8, 4) is 0 Å². The predicted octanol–water partition coefficient (Wildman–Crippen LogP) is 2.35. The lowest BCUT2D eigenvalue weighted by molar-refractivity contribution is 0.420. The zero-order valence-corrected chi connectivity index (χ0v) is 12.2.